The Hall–Kier alpha value is -1.08. The number of nitriles is 1. The van der Waals surface area contributed by atoms with Crippen molar-refractivity contribution in [1.82, 2.24) is 5.32 Å². The third-order valence-electron chi connectivity index (χ3n) is 2.92. The van der Waals surface area contributed by atoms with Crippen LogP contribution in [0.15, 0.2) is 0 Å². The molecule has 1 rings (SSSR count). The predicted octanol–water partition coefficient (Wildman–Crippen LogP) is 1.47. The Kier molecular flexibility index (Phi) is 4.75. The first-order valence-electron chi connectivity index (χ1n) is 5.86. The van der Waals surface area contributed by atoms with Gasteiger partial charge in [0, 0.05) is 12.6 Å². The van der Waals surface area contributed by atoms with Gasteiger partial charge in [0.1, 0.15) is 5.92 Å². The van der Waals surface area contributed by atoms with Crippen molar-refractivity contribution in [3.63, 3.8) is 0 Å². The van der Waals surface area contributed by atoms with Crippen LogP contribution in [0.25, 0.3) is 0 Å². The van der Waals surface area contributed by atoms with Crippen LogP contribution in [-0.2, 0) is 9.53 Å². The Bertz CT molecular complexity index is 283. The number of nitrogens with zero attached hydrogens (tertiary/aromatic N) is 1. The maximum Gasteiger partial charge on any atom is 0.237 e. The summed E-state index contributed by atoms with van der Waals surface area (Å²) in [6.45, 7) is 6.47. The summed E-state index contributed by atoms with van der Waals surface area (Å²) >= 11 is 0. The molecule has 3 atom stereocenters. The Balaban J connectivity index is 2.47. The van der Waals surface area contributed by atoms with Gasteiger partial charge in [0.15, 0.2) is 0 Å². The number of rotatable bonds is 3. The van der Waals surface area contributed by atoms with Gasteiger partial charge in [0.25, 0.3) is 0 Å². The fraction of sp³-hybridized carbons (Fsp3) is 0.833. The summed E-state index contributed by atoms with van der Waals surface area (Å²) in [5, 5.41) is 11.9. The van der Waals surface area contributed by atoms with Gasteiger partial charge < -0.3 is 10.1 Å². The van der Waals surface area contributed by atoms with Gasteiger partial charge in [-0.05, 0) is 25.7 Å². The van der Waals surface area contributed by atoms with E-state index in [1.54, 1.807) is 0 Å². The zero-order valence-electron chi connectivity index (χ0n) is 10.2. The molecule has 1 amide bonds. The molecule has 0 saturated carbocycles. The highest BCUT2D eigenvalue weighted by Gasteiger charge is 2.26. The van der Waals surface area contributed by atoms with Crippen molar-refractivity contribution >= 4 is 5.91 Å². The number of hydrogen-bond donors (Lipinski definition) is 1. The molecule has 1 aliphatic rings. The molecule has 1 aliphatic heterocycles. The highest BCUT2D eigenvalue weighted by atomic mass is 16.5. The average molecular weight is 224 g/mol. The molecule has 0 bridgehead atoms. The molecule has 16 heavy (non-hydrogen) atoms. The van der Waals surface area contributed by atoms with Gasteiger partial charge in [-0.1, -0.05) is 13.8 Å². The molecule has 1 fully saturated rings. The van der Waals surface area contributed by atoms with Gasteiger partial charge in [0.2, 0.25) is 5.91 Å². The van der Waals surface area contributed by atoms with Crippen LogP contribution in [-0.4, -0.2) is 24.7 Å². The molecule has 1 heterocycles. The van der Waals surface area contributed by atoms with Gasteiger partial charge in [-0.2, -0.15) is 5.26 Å². The molecule has 90 valence electrons. The largest absolute Gasteiger partial charge is 0.378 e. The molecule has 4 heteroatoms. The molecular formula is C12H20N2O2. The third-order valence-corrected chi connectivity index (χ3v) is 2.92. The fourth-order valence-corrected chi connectivity index (χ4v) is 1.93. The lowest BCUT2D eigenvalue weighted by Crippen LogP contribution is -2.44. The van der Waals surface area contributed by atoms with E-state index in [1.165, 1.54) is 0 Å². The Morgan fingerprint density at radius 1 is 1.56 bits per heavy atom. The summed E-state index contributed by atoms with van der Waals surface area (Å²) in [5.74, 6) is -0.628. The smallest absolute Gasteiger partial charge is 0.237 e. The van der Waals surface area contributed by atoms with Crippen LogP contribution in [0.5, 0.6) is 0 Å². The first-order valence-corrected chi connectivity index (χ1v) is 5.86. The molecule has 4 nitrogen and oxygen atoms in total. The van der Waals surface area contributed by atoms with Crippen LogP contribution in [0.2, 0.25) is 0 Å². The lowest BCUT2D eigenvalue weighted by molar-refractivity contribution is -0.126. The van der Waals surface area contributed by atoms with Gasteiger partial charge in [0.05, 0.1) is 12.2 Å². The minimum Gasteiger partial charge on any atom is -0.378 e. The molecule has 1 saturated heterocycles. The van der Waals surface area contributed by atoms with E-state index in [2.05, 4.69) is 11.4 Å². The monoisotopic (exact) mass is 224 g/mol. The molecular weight excluding hydrogens is 204 g/mol. The van der Waals surface area contributed by atoms with Crippen LogP contribution in [0.4, 0.5) is 0 Å². The fourth-order valence-electron chi connectivity index (χ4n) is 1.93. The van der Waals surface area contributed by atoms with Crippen molar-refractivity contribution in [1.29, 1.82) is 5.26 Å². The van der Waals surface area contributed by atoms with E-state index in [0.717, 1.165) is 12.8 Å². The highest BCUT2D eigenvalue weighted by Crippen LogP contribution is 2.15. The topological polar surface area (TPSA) is 62.1 Å². The van der Waals surface area contributed by atoms with Crippen LogP contribution >= 0.6 is 0 Å². The van der Waals surface area contributed by atoms with Crippen LogP contribution in [0, 0.1) is 23.2 Å². The maximum atomic E-state index is 11.8. The number of carbonyl (C=O) groups excluding carboxylic acids is 1. The van der Waals surface area contributed by atoms with Crippen molar-refractivity contribution in [2.75, 3.05) is 6.61 Å². The molecule has 0 aliphatic carbocycles. The summed E-state index contributed by atoms with van der Waals surface area (Å²) in [6.07, 6.45) is 1.87. The first-order chi connectivity index (χ1) is 7.54. The van der Waals surface area contributed by atoms with Crippen molar-refractivity contribution in [3.05, 3.63) is 0 Å². The minimum absolute atomic E-state index is 0.0577. The highest BCUT2D eigenvalue weighted by molar-refractivity contribution is 5.81. The molecule has 0 aromatic rings. The normalized spacial score (nSPS) is 27.2. The van der Waals surface area contributed by atoms with Crippen LogP contribution in [0.3, 0.4) is 0 Å². The lowest BCUT2D eigenvalue weighted by atomic mass is 9.95. The third kappa shape index (κ3) is 3.49. The number of amides is 1. The van der Waals surface area contributed by atoms with E-state index in [0.29, 0.717) is 6.61 Å². The van der Waals surface area contributed by atoms with Crippen LogP contribution < -0.4 is 5.32 Å². The van der Waals surface area contributed by atoms with Crippen molar-refractivity contribution in [2.24, 2.45) is 11.8 Å². The van der Waals surface area contributed by atoms with E-state index < -0.39 is 5.92 Å². The van der Waals surface area contributed by atoms with Gasteiger partial charge >= 0.3 is 0 Å². The van der Waals surface area contributed by atoms with E-state index in [1.807, 2.05) is 20.8 Å². The molecule has 1 N–H and O–H groups in total. The lowest BCUT2D eigenvalue weighted by Gasteiger charge is -2.28. The van der Waals surface area contributed by atoms with E-state index in [-0.39, 0.29) is 24.0 Å². The molecule has 0 aromatic heterocycles. The van der Waals surface area contributed by atoms with Crippen LogP contribution in [0.1, 0.15) is 33.6 Å². The number of ether oxygens (including phenoxy) is 1. The standard InChI is InChI=1S/C12H20N2O2/c1-8(2)11(7-13)12(15)14-10-4-5-16-9(3)6-10/h8-11H,4-6H2,1-3H3,(H,14,15). The second-order valence-electron chi connectivity index (χ2n) is 4.76. The van der Waals surface area contributed by atoms with E-state index in [4.69, 9.17) is 10.00 Å². The second kappa shape index (κ2) is 5.86. The Morgan fingerprint density at radius 2 is 2.25 bits per heavy atom. The quantitative estimate of drug-likeness (QED) is 0.789. The zero-order chi connectivity index (χ0) is 12.1. The predicted molar refractivity (Wildman–Crippen MR) is 60.5 cm³/mol. The van der Waals surface area contributed by atoms with Gasteiger partial charge in [-0.15, -0.1) is 0 Å². The minimum atomic E-state index is -0.543. The Labute approximate surface area is 97.0 Å². The molecule has 0 spiro atoms. The molecule has 0 radical (unpaired) electrons. The summed E-state index contributed by atoms with van der Waals surface area (Å²) in [4.78, 5) is 11.8. The summed E-state index contributed by atoms with van der Waals surface area (Å²) in [7, 11) is 0. The van der Waals surface area contributed by atoms with Crippen molar-refractivity contribution < 1.29 is 9.53 Å². The summed E-state index contributed by atoms with van der Waals surface area (Å²) in [6, 6.07) is 2.22. The summed E-state index contributed by atoms with van der Waals surface area (Å²) in [5.41, 5.74) is 0. The van der Waals surface area contributed by atoms with Gasteiger partial charge in [-0.3, -0.25) is 4.79 Å². The van der Waals surface area contributed by atoms with E-state index in [9.17, 15) is 4.79 Å². The summed E-state index contributed by atoms with van der Waals surface area (Å²) < 4.78 is 5.41. The maximum absolute atomic E-state index is 11.8. The number of hydrogen-bond acceptors (Lipinski definition) is 3. The molecule has 3 unspecified atom stereocenters. The van der Waals surface area contributed by atoms with Crippen molar-refractivity contribution in [3.8, 4) is 6.07 Å². The zero-order valence-corrected chi connectivity index (χ0v) is 10.2. The number of carbonyl (C=O) groups is 1. The number of nitrogens with one attached hydrogen (secondary N) is 1. The molecule has 0 aromatic carbocycles. The van der Waals surface area contributed by atoms with E-state index >= 15 is 0 Å². The SMILES string of the molecule is CC1CC(NC(=O)C(C#N)C(C)C)CCO1. The van der Waals surface area contributed by atoms with Crippen molar-refractivity contribution in [2.45, 2.75) is 45.8 Å². The first kappa shape index (κ1) is 13.0. The Morgan fingerprint density at radius 3 is 2.75 bits per heavy atom. The average Bonchev–Trinajstić information content (AvgIpc) is 2.17. The second-order valence-corrected chi connectivity index (χ2v) is 4.76. The van der Waals surface area contributed by atoms with Gasteiger partial charge in [-0.25, -0.2) is 0 Å².